The molecule has 0 saturated carbocycles. The zero-order valence-electron chi connectivity index (χ0n) is 17.1. The largest absolute Gasteiger partial charge is 0.493 e. The smallest absolute Gasteiger partial charge is 0.274 e. The Balaban J connectivity index is 1.61. The first-order valence-corrected chi connectivity index (χ1v) is 9.29. The number of rotatable bonds is 7. The Labute approximate surface area is 170 Å². The highest BCUT2D eigenvalue weighted by atomic mass is 16.5. The average molecular weight is 391 g/mol. The molecule has 0 spiro atoms. The zero-order chi connectivity index (χ0) is 20.8. The lowest BCUT2D eigenvalue weighted by atomic mass is 10.1. The van der Waals surface area contributed by atoms with Gasteiger partial charge in [-0.25, -0.2) is 4.98 Å². The molecule has 3 aromatic rings. The number of aromatic nitrogens is 1. The summed E-state index contributed by atoms with van der Waals surface area (Å²) in [7, 11) is 3.22. The minimum atomic E-state index is -0.236. The van der Waals surface area contributed by atoms with Crippen LogP contribution in [-0.4, -0.2) is 25.1 Å². The maximum absolute atomic E-state index is 12.4. The maximum Gasteiger partial charge on any atom is 0.274 e. The summed E-state index contributed by atoms with van der Waals surface area (Å²) in [6.45, 7) is 4.65. The lowest BCUT2D eigenvalue weighted by molar-refractivity contribution is 0.102. The fourth-order valence-corrected chi connectivity index (χ4v) is 2.84. The first-order valence-electron chi connectivity index (χ1n) is 9.29. The third kappa shape index (κ3) is 5.04. The van der Waals surface area contributed by atoms with Gasteiger partial charge in [0.15, 0.2) is 11.5 Å². The third-order valence-electron chi connectivity index (χ3n) is 4.71. The summed E-state index contributed by atoms with van der Waals surface area (Å²) < 4.78 is 10.6. The van der Waals surface area contributed by atoms with E-state index in [9.17, 15) is 4.79 Å². The monoisotopic (exact) mass is 391 g/mol. The van der Waals surface area contributed by atoms with Crippen molar-refractivity contribution in [1.82, 2.24) is 4.98 Å². The third-order valence-corrected chi connectivity index (χ3v) is 4.71. The zero-order valence-corrected chi connectivity index (χ0v) is 17.1. The van der Waals surface area contributed by atoms with Gasteiger partial charge in [0.2, 0.25) is 0 Å². The SMILES string of the molecule is COc1ccc(CNc2ccc(C(=O)Nc3ccc(C)c(C)c3)nc2)cc1OC. The predicted octanol–water partition coefficient (Wildman–Crippen LogP) is 4.58. The summed E-state index contributed by atoms with van der Waals surface area (Å²) in [5.74, 6) is 1.14. The number of hydrogen-bond donors (Lipinski definition) is 2. The highest BCUT2D eigenvalue weighted by molar-refractivity contribution is 6.03. The molecule has 0 unspecified atom stereocenters. The molecule has 0 fully saturated rings. The van der Waals surface area contributed by atoms with Crippen LogP contribution in [0, 0.1) is 13.8 Å². The van der Waals surface area contributed by atoms with Crippen LogP contribution in [-0.2, 0) is 6.54 Å². The molecule has 0 radical (unpaired) electrons. The van der Waals surface area contributed by atoms with Crippen molar-refractivity contribution in [2.24, 2.45) is 0 Å². The molecular weight excluding hydrogens is 366 g/mol. The quantitative estimate of drug-likeness (QED) is 0.617. The number of amides is 1. The van der Waals surface area contributed by atoms with E-state index in [0.717, 1.165) is 22.5 Å². The van der Waals surface area contributed by atoms with Gasteiger partial charge in [-0.05, 0) is 66.9 Å². The standard InChI is InChI=1S/C23H25N3O3/c1-15-5-7-18(11-16(15)2)26-23(27)20-9-8-19(14-25-20)24-13-17-6-10-21(28-3)22(12-17)29-4/h5-12,14,24H,13H2,1-4H3,(H,26,27). The van der Waals surface area contributed by atoms with E-state index in [1.807, 2.05) is 56.3 Å². The summed E-state index contributed by atoms with van der Waals surface area (Å²) in [5.41, 5.74) is 5.30. The van der Waals surface area contributed by atoms with Crippen LogP contribution < -0.4 is 20.1 Å². The highest BCUT2D eigenvalue weighted by Crippen LogP contribution is 2.27. The molecule has 0 atom stereocenters. The fraction of sp³-hybridized carbons (Fsp3) is 0.217. The topological polar surface area (TPSA) is 72.5 Å². The number of carbonyl (C=O) groups excluding carboxylic acids is 1. The predicted molar refractivity (Wildman–Crippen MR) is 115 cm³/mol. The Bertz CT molecular complexity index is 1000. The molecule has 0 bridgehead atoms. The highest BCUT2D eigenvalue weighted by Gasteiger charge is 2.09. The molecule has 2 N–H and O–H groups in total. The van der Waals surface area contributed by atoms with Crippen molar-refractivity contribution in [3.63, 3.8) is 0 Å². The van der Waals surface area contributed by atoms with E-state index in [2.05, 4.69) is 15.6 Å². The number of nitrogens with one attached hydrogen (secondary N) is 2. The van der Waals surface area contributed by atoms with Crippen LogP contribution in [0.2, 0.25) is 0 Å². The van der Waals surface area contributed by atoms with Crippen molar-refractivity contribution in [1.29, 1.82) is 0 Å². The van der Waals surface area contributed by atoms with Crippen molar-refractivity contribution < 1.29 is 14.3 Å². The molecule has 6 heteroatoms. The summed E-state index contributed by atoms with van der Waals surface area (Å²) in [6.07, 6.45) is 1.65. The maximum atomic E-state index is 12.4. The van der Waals surface area contributed by atoms with Crippen LogP contribution in [0.3, 0.4) is 0 Å². The molecule has 6 nitrogen and oxygen atoms in total. The van der Waals surface area contributed by atoms with E-state index in [4.69, 9.17) is 9.47 Å². The molecule has 2 aromatic carbocycles. The lowest BCUT2D eigenvalue weighted by Crippen LogP contribution is -2.14. The van der Waals surface area contributed by atoms with E-state index < -0.39 is 0 Å². The minimum Gasteiger partial charge on any atom is -0.493 e. The normalized spacial score (nSPS) is 10.3. The molecule has 1 amide bonds. The van der Waals surface area contributed by atoms with Gasteiger partial charge in [-0.1, -0.05) is 12.1 Å². The Morgan fingerprint density at radius 2 is 1.66 bits per heavy atom. The van der Waals surface area contributed by atoms with Gasteiger partial charge in [-0.2, -0.15) is 0 Å². The van der Waals surface area contributed by atoms with Crippen molar-refractivity contribution in [3.05, 3.63) is 77.1 Å². The Morgan fingerprint density at radius 1 is 0.897 bits per heavy atom. The average Bonchev–Trinajstić information content (AvgIpc) is 2.75. The van der Waals surface area contributed by atoms with E-state index in [1.54, 1.807) is 26.5 Å². The summed E-state index contributed by atoms with van der Waals surface area (Å²) in [4.78, 5) is 16.7. The number of hydrogen-bond acceptors (Lipinski definition) is 5. The minimum absolute atomic E-state index is 0.236. The molecule has 0 saturated heterocycles. The van der Waals surface area contributed by atoms with E-state index >= 15 is 0 Å². The fourth-order valence-electron chi connectivity index (χ4n) is 2.84. The second-order valence-corrected chi connectivity index (χ2v) is 6.73. The van der Waals surface area contributed by atoms with Gasteiger partial charge < -0.3 is 20.1 Å². The van der Waals surface area contributed by atoms with Gasteiger partial charge >= 0.3 is 0 Å². The summed E-state index contributed by atoms with van der Waals surface area (Å²) >= 11 is 0. The van der Waals surface area contributed by atoms with Gasteiger partial charge in [0.1, 0.15) is 5.69 Å². The number of nitrogens with zero attached hydrogens (tertiary/aromatic N) is 1. The van der Waals surface area contributed by atoms with Crippen molar-refractivity contribution >= 4 is 17.3 Å². The number of anilines is 2. The van der Waals surface area contributed by atoms with Crippen LogP contribution in [0.4, 0.5) is 11.4 Å². The van der Waals surface area contributed by atoms with E-state index in [0.29, 0.717) is 23.7 Å². The molecule has 3 rings (SSSR count). The number of methoxy groups -OCH3 is 2. The number of carbonyl (C=O) groups is 1. The number of ether oxygens (including phenoxy) is 2. The van der Waals surface area contributed by atoms with Crippen molar-refractivity contribution in [2.45, 2.75) is 20.4 Å². The lowest BCUT2D eigenvalue weighted by Gasteiger charge is -2.11. The molecular formula is C23H25N3O3. The van der Waals surface area contributed by atoms with Gasteiger partial charge in [-0.3, -0.25) is 4.79 Å². The van der Waals surface area contributed by atoms with Crippen LogP contribution in [0.25, 0.3) is 0 Å². The Kier molecular flexibility index (Phi) is 6.34. The van der Waals surface area contributed by atoms with Crippen LogP contribution in [0.15, 0.2) is 54.7 Å². The van der Waals surface area contributed by atoms with Gasteiger partial charge in [0.05, 0.1) is 26.1 Å². The summed E-state index contributed by atoms with van der Waals surface area (Å²) in [6, 6.07) is 15.1. The Morgan fingerprint density at radius 3 is 2.31 bits per heavy atom. The first kappa shape index (κ1) is 20.2. The Hall–Kier alpha value is -3.54. The molecule has 0 aliphatic carbocycles. The van der Waals surface area contributed by atoms with Crippen molar-refractivity contribution in [2.75, 3.05) is 24.9 Å². The van der Waals surface area contributed by atoms with Gasteiger partial charge in [-0.15, -0.1) is 0 Å². The van der Waals surface area contributed by atoms with E-state index in [1.165, 1.54) is 5.56 Å². The number of pyridine rings is 1. The van der Waals surface area contributed by atoms with E-state index in [-0.39, 0.29) is 5.91 Å². The second kappa shape index (κ2) is 9.10. The number of benzene rings is 2. The van der Waals surface area contributed by atoms with Crippen molar-refractivity contribution in [3.8, 4) is 11.5 Å². The number of aryl methyl sites for hydroxylation is 2. The molecule has 1 aromatic heterocycles. The van der Waals surface area contributed by atoms with Crippen LogP contribution >= 0.6 is 0 Å². The second-order valence-electron chi connectivity index (χ2n) is 6.73. The van der Waals surface area contributed by atoms with Gasteiger partial charge in [0, 0.05) is 12.2 Å². The van der Waals surface area contributed by atoms with Gasteiger partial charge in [0.25, 0.3) is 5.91 Å². The molecule has 150 valence electrons. The van der Waals surface area contributed by atoms with Crippen LogP contribution in [0.1, 0.15) is 27.2 Å². The molecule has 1 heterocycles. The first-order chi connectivity index (χ1) is 14.0. The molecule has 29 heavy (non-hydrogen) atoms. The molecule has 0 aliphatic heterocycles. The van der Waals surface area contributed by atoms with Crippen LogP contribution in [0.5, 0.6) is 11.5 Å². The molecule has 0 aliphatic rings. The summed E-state index contributed by atoms with van der Waals surface area (Å²) in [5, 5.41) is 6.17.